The average Bonchev–Trinajstić information content (AvgIpc) is 3.57. The zero-order valence-electron chi connectivity index (χ0n) is 29.0. The Bertz CT molecular complexity index is 1630. The molecule has 48 heavy (non-hydrogen) atoms. The molecule has 2 amide bonds. The quantitative estimate of drug-likeness (QED) is 0.228. The van der Waals surface area contributed by atoms with Gasteiger partial charge in [0.05, 0.1) is 29.2 Å². The van der Waals surface area contributed by atoms with Gasteiger partial charge in [-0.25, -0.2) is 18.4 Å². The van der Waals surface area contributed by atoms with E-state index in [2.05, 4.69) is 47.9 Å². The number of piperidine rings is 1. The summed E-state index contributed by atoms with van der Waals surface area (Å²) in [5, 5.41) is 2.75. The Kier molecular flexibility index (Phi) is 11.6. The second-order valence-corrected chi connectivity index (χ2v) is 17.6. The van der Waals surface area contributed by atoms with Crippen LogP contribution in [0.3, 0.4) is 0 Å². The van der Waals surface area contributed by atoms with Gasteiger partial charge in [0.25, 0.3) is 11.8 Å². The molecule has 3 heterocycles. The number of benzene rings is 1. The Morgan fingerprint density at radius 2 is 1.56 bits per heavy atom. The van der Waals surface area contributed by atoms with Crippen molar-refractivity contribution in [2.24, 2.45) is 17.8 Å². The van der Waals surface area contributed by atoms with Crippen LogP contribution in [0.2, 0.25) is 0 Å². The van der Waals surface area contributed by atoms with Gasteiger partial charge < -0.3 is 10.2 Å². The van der Waals surface area contributed by atoms with Crippen LogP contribution in [-0.2, 0) is 26.7 Å². The van der Waals surface area contributed by atoms with Crippen LogP contribution in [0.1, 0.15) is 99.2 Å². The minimum Gasteiger partial charge on any atom is -0.369 e. The van der Waals surface area contributed by atoms with Gasteiger partial charge in [-0.2, -0.15) is 0 Å². The van der Waals surface area contributed by atoms with Gasteiger partial charge in [-0.15, -0.1) is 11.3 Å². The SMILES string of the molecule is CCCC1CCC(C2CCN(c3cnc(-c4ccc(C[C@H](NC(=O)c5ccc(C(C)(C)C)s5)C(=O)NS(C)(=O)=O)cc4)nc3)CC2)CC1. The largest absolute Gasteiger partial charge is 0.369 e. The lowest BCUT2D eigenvalue weighted by molar-refractivity contribution is -0.121. The van der Waals surface area contributed by atoms with E-state index in [0.717, 1.165) is 58.8 Å². The lowest BCUT2D eigenvalue weighted by Gasteiger charge is -2.39. The molecule has 0 spiro atoms. The van der Waals surface area contributed by atoms with E-state index in [9.17, 15) is 18.0 Å². The number of nitrogens with one attached hydrogen (secondary N) is 2. The van der Waals surface area contributed by atoms with Crippen LogP contribution in [0.5, 0.6) is 0 Å². The molecule has 0 radical (unpaired) electrons. The van der Waals surface area contributed by atoms with Gasteiger partial charge >= 0.3 is 0 Å². The number of hydrogen-bond donors (Lipinski definition) is 2. The van der Waals surface area contributed by atoms with E-state index in [-0.39, 0.29) is 11.8 Å². The van der Waals surface area contributed by atoms with Gasteiger partial charge in [0.15, 0.2) is 5.82 Å². The fraction of sp³-hybridized carbons (Fsp3) is 0.568. The van der Waals surface area contributed by atoms with Crippen molar-refractivity contribution in [3.63, 3.8) is 0 Å². The maximum absolute atomic E-state index is 13.1. The first-order valence-corrected chi connectivity index (χ1v) is 20.1. The van der Waals surface area contributed by atoms with E-state index in [0.29, 0.717) is 10.7 Å². The molecule has 1 aliphatic heterocycles. The number of sulfonamides is 1. The predicted molar refractivity (Wildman–Crippen MR) is 194 cm³/mol. The standard InChI is InChI=1S/C37H51N5O4S2/c1-6-7-25-8-12-27(13-9-25)28-18-20-42(21-19-28)30-23-38-34(39-24-30)29-14-10-26(11-15-29)22-31(35(43)41-48(5,45)46)40-36(44)32-16-17-33(47-32)37(2,3)4/h10-11,14-17,23-25,27-28,31H,6-9,12-13,18-22H2,1-5H3,(H,40,44)(H,41,43)/t25?,27?,31-/m0/s1. The molecule has 11 heteroatoms. The highest BCUT2D eigenvalue weighted by Crippen LogP contribution is 2.39. The summed E-state index contributed by atoms with van der Waals surface area (Å²) in [6.45, 7) is 10.6. The van der Waals surface area contributed by atoms with E-state index in [4.69, 9.17) is 0 Å². The minimum absolute atomic E-state index is 0.112. The number of thiophene rings is 1. The fourth-order valence-electron chi connectivity index (χ4n) is 7.20. The molecule has 2 aromatic heterocycles. The van der Waals surface area contributed by atoms with Gasteiger partial charge in [0.1, 0.15) is 6.04 Å². The Labute approximate surface area is 290 Å². The number of aromatic nitrogens is 2. The van der Waals surface area contributed by atoms with E-state index in [1.54, 1.807) is 6.07 Å². The summed E-state index contributed by atoms with van der Waals surface area (Å²) in [7, 11) is -3.81. The number of carbonyl (C=O) groups is 2. The van der Waals surface area contributed by atoms with Crippen molar-refractivity contribution in [1.82, 2.24) is 20.0 Å². The lowest BCUT2D eigenvalue weighted by atomic mass is 9.72. The third kappa shape index (κ3) is 9.65. The number of rotatable bonds is 11. The van der Waals surface area contributed by atoms with E-state index in [1.807, 2.05) is 47.4 Å². The molecule has 0 bridgehead atoms. The lowest BCUT2D eigenvalue weighted by Crippen LogP contribution is -2.49. The van der Waals surface area contributed by atoms with Crippen molar-refractivity contribution in [2.75, 3.05) is 24.2 Å². The smallest absolute Gasteiger partial charge is 0.262 e. The average molecular weight is 694 g/mol. The van der Waals surface area contributed by atoms with Crippen LogP contribution in [0.4, 0.5) is 5.69 Å². The van der Waals surface area contributed by atoms with Gasteiger partial charge in [0.2, 0.25) is 10.0 Å². The van der Waals surface area contributed by atoms with Gasteiger partial charge in [0, 0.05) is 30.0 Å². The second kappa shape index (κ2) is 15.5. The van der Waals surface area contributed by atoms with E-state index < -0.39 is 27.9 Å². The molecule has 1 saturated carbocycles. The van der Waals surface area contributed by atoms with Crippen molar-refractivity contribution in [3.05, 3.63) is 64.1 Å². The van der Waals surface area contributed by atoms with Crippen LogP contribution < -0.4 is 14.9 Å². The molecule has 2 N–H and O–H groups in total. The Morgan fingerprint density at radius 1 is 0.938 bits per heavy atom. The second-order valence-electron chi connectivity index (χ2n) is 14.7. The number of amides is 2. The third-order valence-electron chi connectivity index (χ3n) is 9.93. The maximum Gasteiger partial charge on any atom is 0.262 e. The molecular weight excluding hydrogens is 643 g/mol. The number of anilines is 1. The molecule has 1 saturated heterocycles. The van der Waals surface area contributed by atoms with Gasteiger partial charge in [-0.05, 0) is 66.5 Å². The highest BCUT2D eigenvalue weighted by molar-refractivity contribution is 7.89. The summed E-state index contributed by atoms with van der Waals surface area (Å²) in [5.74, 6) is 2.08. The molecule has 1 aliphatic carbocycles. The molecule has 0 unspecified atom stereocenters. The summed E-state index contributed by atoms with van der Waals surface area (Å²) in [4.78, 5) is 39.3. The number of carbonyl (C=O) groups excluding carboxylic acids is 2. The molecule has 1 atom stereocenters. The highest BCUT2D eigenvalue weighted by atomic mass is 32.2. The van der Waals surface area contributed by atoms with E-state index >= 15 is 0 Å². The highest BCUT2D eigenvalue weighted by Gasteiger charge is 2.30. The monoisotopic (exact) mass is 693 g/mol. The summed E-state index contributed by atoms with van der Waals surface area (Å²) in [6, 6.07) is 10.0. The summed E-state index contributed by atoms with van der Waals surface area (Å²) in [6.07, 6.45) is 15.7. The first-order valence-electron chi connectivity index (χ1n) is 17.4. The topological polar surface area (TPSA) is 121 Å². The summed E-state index contributed by atoms with van der Waals surface area (Å²) < 4.78 is 25.7. The normalized spacial score (nSPS) is 19.9. The zero-order chi connectivity index (χ0) is 34.5. The molecule has 260 valence electrons. The number of hydrogen-bond acceptors (Lipinski definition) is 8. The molecular formula is C37H51N5O4S2. The molecule has 3 aromatic rings. The number of nitrogens with zero attached hydrogens (tertiary/aromatic N) is 3. The Morgan fingerprint density at radius 3 is 2.12 bits per heavy atom. The molecule has 9 nitrogen and oxygen atoms in total. The van der Waals surface area contributed by atoms with Crippen LogP contribution in [0, 0.1) is 17.8 Å². The van der Waals surface area contributed by atoms with Gasteiger partial charge in [-0.3, -0.25) is 14.3 Å². The molecule has 2 aliphatic rings. The first kappa shape index (κ1) is 36.0. The Balaban J connectivity index is 1.18. The van der Waals surface area contributed by atoms with Crippen molar-refractivity contribution in [1.29, 1.82) is 0 Å². The predicted octanol–water partition coefficient (Wildman–Crippen LogP) is 6.74. The van der Waals surface area contributed by atoms with E-state index in [1.165, 1.54) is 62.7 Å². The van der Waals surface area contributed by atoms with Crippen molar-refractivity contribution in [3.8, 4) is 11.4 Å². The van der Waals surface area contributed by atoms with Crippen LogP contribution in [-0.4, -0.2) is 55.6 Å². The fourth-order valence-corrected chi connectivity index (χ4v) is 8.67. The van der Waals surface area contributed by atoms with Crippen LogP contribution in [0.15, 0.2) is 48.8 Å². The van der Waals surface area contributed by atoms with Crippen LogP contribution in [0.25, 0.3) is 11.4 Å². The first-order chi connectivity index (χ1) is 22.8. The van der Waals surface area contributed by atoms with Crippen molar-refractivity contribution in [2.45, 2.75) is 96.9 Å². The molecule has 1 aromatic carbocycles. The van der Waals surface area contributed by atoms with Gasteiger partial charge in [-0.1, -0.05) is 77.6 Å². The third-order valence-corrected chi connectivity index (χ3v) is 12.0. The molecule has 2 fully saturated rings. The maximum atomic E-state index is 13.1. The Hall–Kier alpha value is -3.31. The minimum atomic E-state index is -3.81. The summed E-state index contributed by atoms with van der Waals surface area (Å²) >= 11 is 1.36. The summed E-state index contributed by atoms with van der Waals surface area (Å²) in [5.41, 5.74) is 2.52. The van der Waals surface area contributed by atoms with Crippen LogP contribution >= 0.6 is 11.3 Å². The van der Waals surface area contributed by atoms with Crippen molar-refractivity contribution >= 4 is 38.9 Å². The zero-order valence-corrected chi connectivity index (χ0v) is 30.6. The molecule has 5 rings (SSSR count). The van der Waals surface area contributed by atoms with Crippen molar-refractivity contribution < 1.29 is 18.0 Å².